The van der Waals surface area contributed by atoms with E-state index in [9.17, 15) is 4.39 Å². The van der Waals surface area contributed by atoms with Crippen LogP contribution in [0.15, 0.2) is 30.3 Å². The van der Waals surface area contributed by atoms with Gasteiger partial charge in [0.05, 0.1) is 5.52 Å². The van der Waals surface area contributed by atoms with E-state index in [1.807, 2.05) is 6.07 Å². The molecule has 0 spiro atoms. The highest BCUT2D eigenvalue weighted by Crippen LogP contribution is 2.31. The van der Waals surface area contributed by atoms with E-state index < -0.39 is 5.82 Å². The van der Waals surface area contributed by atoms with Crippen molar-refractivity contribution >= 4 is 16.7 Å². The van der Waals surface area contributed by atoms with Gasteiger partial charge in [0, 0.05) is 24.9 Å². The summed E-state index contributed by atoms with van der Waals surface area (Å²) in [6, 6.07) is 8.20. The largest absolute Gasteiger partial charge is 0.454 e. The van der Waals surface area contributed by atoms with Gasteiger partial charge >= 0.3 is 0 Å². The minimum atomic E-state index is -0.484. The summed E-state index contributed by atoms with van der Waals surface area (Å²) in [5, 5.41) is 7.91. The lowest BCUT2D eigenvalue weighted by atomic mass is 10.2. The summed E-state index contributed by atoms with van der Waals surface area (Å²) >= 11 is 0. The fourth-order valence-corrected chi connectivity index (χ4v) is 2.09. The summed E-state index contributed by atoms with van der Waals surface area (Å²) in [5.41, 5.74) is 8.17. The minimum Gasteiger partial charge on any atom is -0.454 e. The van der Waals surface area contributed by atoms with Gasteiger partial charge in [-0.3, -0.25) is 0 Å². The fraction of sp³-hybridized carbons (Fsp3) is 0.143. The number of ether oxygens (including phenoxy) is 1. The van der Waals surface area contributed by atoms with Gasteiger partial charge in [-0.05, 0) is 30.7 Å². The van der Waals surface area contributed by atoms with Crippen LogP contribution in [0.3, 0.4) is 0 Å². The number of aryl methyl sites for hydroxylation is 2. The van der Waals surface area contributed by atoms with Gasteiger partial charge in [0.15, 0.2) is 11.6 Å². The molecule has 0 bridgehead atoms. The minimum absolute atomic E-state index is 0.169. The molecule has 0 aliphatic heterocycles. The number of hydrogen-bond acceptors (Lipinski definition) is 4. The smallest absolute Gasteiger partial charge is 0.168 e. The van der Waals surface area contributed by atoms with E-state index in [1.54, 1.807) is 36.9 Å². The monoisotopic (exact) mass is 272 g/mol. The predicted molar refractivity (Wildman–Crippen MR) is 74.1 cm³/mol. The Labute approximate surface area is 114 Å². The van der Waals surface area contributed by atoms with E-state index in [4.69, 9.17) is 10.5 Å². The van der Waals surface area contributed by atoms with E-state index >= 15 is 0 Å². The molecular formula is C14H13FN4O. The van der Waals surface area contributed by atoms with Crippen LogP contribution in [0.25, 0.3) is 11.0 Å². The number of anilines is 1. The third-order valence-electron chi connectivity index (χ3n) is 3.05. The van der Waals surface area contributed by atoms with E-state index in [1.165, 1.54) is 6.07 Å². The average Bonchev–Trinajstić information content (AvgIpc) is 2.75. The van der Waals surface area contributed by atoms with Crippen LogP contribution < -0.4 is 10.5 Å². The number of nitrogens with two attached hydrogens (primary N) is 1. The van der Waals surface area contributed by atoms with Crippen molar-refractivity contribution in [3.05, 3.63) is 41.7 Å². The molecule has 0 saturated carbocycles. The Kier molecular flexibility index (Phi) is 2.78. The third kappa shape index (κ3) is 2.05. The van der Waals surface area contributed by atoms with Crippen molar-refractivity contribution in [1.82, 2.24) is 15.0 Å². The molecule has 3 rings (SSSR count). The molecule has 0 unspecified atom stereocenters. The van der Waals surface area contributed by atoms with Crippen LogP contribution in [-0.4, -0.2) is 15.0 Å². The summed E-state index contributed by atoms with van der Waals surface area (Å²) < 4.78 is 21.1. The Morgan fingerprint density at radius 1 is 1.25 bits per heavy atom. The fourth-order valence-electron chi connectivity index (χ4n) is 2.09. The molecule has 0 aliphatic rings. The van der Waals surface area contributed by atoms with Gasteiger partial charge in [0.25, 0.3) is 0 Å². The lowest BCUT2D eigenvalue weighted by molar-refractivity contribution is 0.439. The summed E-state index contributed by atoms with van der Waals surface area (Å²) in [6.45, 7) is 1.75. The zero-order valence-electron chi connectivity index (χ0n) is 11.1. The standard InChI is InChI=1S/C14H13FN4O/c1-8-5-9(16)6-11(15)14(8)20-10-3-4-13-12(7-10)17-18-19(13)2/h3-7H,16H2,1-2H3. The third-order valence-corrected chi connectivity index (χ3v) is 3.05. The Morgan fingerprint density at radius 3 is 2.80 bits per heavy atom. The van der Waals surface area contributed by atoms with Crippen LogP contribution in [0.2, 0.25) is 0 Å². The number of nitrogens with zero attached hydrogens (tertiary/aromatic N) is 3. The molecule has 0 atom stereocenters. The van der Waals surface area contributed by atoms with Gasteiger partial charge in [0.2, 0.25) is 0 Å². The number of halogens is 1. The molecule has 6 heteroatoms. The van der Waals surface area contributed by atoms with Gasteiger partial charge in [-0.15, -0.1) is 5.10 Å². The topological polar surface area (TPSA) is 66.0 Å². The van der Waals surface area contributed by atoms with Crippen LogP contribution in [0.5, 0.6) is 11.5 Å². The first-order valence-electron chi connectivity index (χ1n) is 6.07. The van der Waals surface area contributed by atoms with Crippen molar-refractivity contribution in [3.63, 3.8) is 0 Å². The van der Waals surface area contributed by atoms with E-state index in [-0.39, 0.29) is 5.75 Å². The van der Waals surface area contributed by atoms with Crippen molar-refractivity contribution in [2.24, 2.45) is 7.05 Å². The predicted octanol–water partition coefficient (Wildman–Crippen LogP) is 2.79. The number of hydrogen-bond donors (Lipinski definition) is 1. The van der Waals surface area contributed by atoms with Crippen LogP contribution in [0, 0.1) is 12.7 Å². The second-order valence-corrected chi connectivity index (χ2v) is 4.61. The Morgan fingerprint density at radius 2 is 2.05 bits per heavy atom. The molecule has 3 aromatic rings. The molecule has 102 valence electrons. The van der Waals surface area contributed by atoms with E-state index in [2.05, 4.69) is 10.3 Å². The molecule has 0 aliphatic carbocycles. The average molecular weight is 272 g/mol. The van der Waals surface area contributed by atoms with Gasteiger partial charge < -0.3 is 10.5 Å². The highest BCUT2D eigenvalue weighted by atomic mass is 19.1. The number of fused-ring (bicyclic) bond motifs is 1. The molecule has 5 nitrogen and oxygen atoms in total. The molecule has 2 N–H and O–H groups in total. The normalized spacial score (nSPS) is 10.9. The molecule has 0 radical (unpaired) electrons. The molecule has 1 heterocycles. The zero-order chi connectivity index (χ0) is 14.3. The Balaban J connectivity index is 2.01. The highest BCUT2D eigenvalue weighted by molar-refractivity contribution is 5.76. The maximum Gasteiger partial charge on any atom is 0.168 e. The molecule has 2 aromatic carbocycles. The maximum absolute atomic E-state index is 13.9. The number of aromatic nitrogens is 3. The van der Waals surface area contributed by atoms with Crippen LogP contribution >= 0.6 is 0 Å². The summed E-state index contributed by atoms with van der Waals surface area (Å²) in [7, 11) is 1.81. The van der Waals surface area contributed by atoms with Crippen LogP contribution in [0.1, 0.15) is 5.56 Å². The summed E-state index contributed by atoms with van der Waals surface area (Å²) in [4.78, 5) is 0. The number of benzene rings is 2. The summed E-state index contributed by atoms with van der Waals surface area (Å²) in [5.74, 6) is 0.189. The molecular weight excluding hydrogens is 259 g/mol. The van der Waals surface area contributed by atoms with E-state index in [0.29, 0.717) is 22.5 Å². The molecule has 0 amide bonds. The number of nitrogen functional groups attached to an aromatic ring is 1. The lowest BCUT2D eigenvalue weighted by Gasteiger charge is -2.10. The first-order valence-corrected chi connectivity index (χ1v) is 6.07. The van der Waals surface area contributed by atoms with Crippen molar-refractivity contribution < 1.29 is 9.13 Å². The number of rotatable bonds is 2. The first-order chi connectivity index (χ1) is 9.54. The summed E-state index contributed by atoms with van der Waals surface area (Å²) in [6.07, 6.45) is 0. The van der Waals surface area contributed by atoms with Crippen LogP contribution in [0.4, 0.5) is 10.1 Å². The molecule has 1 aromatic heterocycles. The first kappa shape index (κ1) is 12.4. The zero-order valence-corrected chi connectivity index (χ0v) is 11.1. The van der Waals surface area contributed by atoms with Crippen molar-refractivity contribution in [1.29, 1.82) is 0 Å². The Bertz CT molecular complexity index is 774. The quantitative estimate of drug-likeness (QED) is 0.728. The van der Waals surface area contributed by atoms with Gasteiger partial charge in [-0.1, -0.05) is 5.21 Å². The SMILES string of the molecule is Cc1cc(N)cc(F)c1Oc1ccc2c(c1)nnn2C. The lowest BCUT2D eigenvalue weighted by Crippen LogP contribution is -1.95. The molecule has 20 heavy (non-hydrogen) atoms. The van der Waals surface area contributed by atoms with Gasteiger partial charge in [-0.2, -0.15) is 0 Å². The van der Waals surface area contributed by atoms with Gasteiger partial charge in [0.1, 0.15) is 11.3 Å². The Hall–Kier alpha value is -2.63. The molecule has 0 saturated heterocycles. The molecule has 0 fully saturated rings. The van der Waals surface area contributed by atoms with Crippen molar-refractivity contribution in [2.75, 3.05) is 5.73 Å². The van der Waals surface area contributed by atoms with Gasteiger partial charge in [-0.25, -0.2) is 9.07 Å². The van der Waals surface area contributed by atoms with Crippen molar-refractivity contribution in [3.8, 4) is 11.5 Å². The second-order valence-electron chi connectivity index (χ2n) is 4.61. The second kappa shape index (κ2) is 4.48. The van der Waals surface area contributed by atoms with Crippen LogP contribution in [-0.2, 0) is 7.05 Å². The van der Waals surface area contributed by atoms with Crippen molar-refractivity contribution in [2.45, 2.75) is 6.92 Å². The van der Waals surface area contributed by atoms with E-state index in [0.717, 1.165) is 5.52 Å². The maximum atomic E-state index is 13.9. The highest BCUT2D eigenvalue weighted by Gasteiger charge is 2.11.